The first-order valence-electron chi connectivity index (χ1n) is 6.92. The Kier molecular flexibility index (Phi) is 5.19. The first-order chi connectivity index (χ1) is 9.25. The lowest BCUT2D eigenvalue weighted by molar-refractivity contribution is -0.127. The van der Waals surface area contributed by atoms with Crippen LogP contribution in [0.25, 0.3) is 0 Å². The molecule has 3 nitrogen and oxygen atoms in total. The van der Waals surface area contributed by atoms with Crippen LogP contribution in [0.15, 0.2) is 24.3 Å². The smallest absolute Gasteiger partial charge is 0.223 e. The van der Waals surface area contributed by atoms with E-state index in [-0.39, 0.29) is 17.6 Å². The Morgan fingerprint density at radius 2 is 2.00 bits per heavy atom. The number of hydrogen-bond donors (Lipinski definition) is 1. The van der Waals surface area contributed by atoms with Crippen molar-refractivity contribution in [3.63, 3.8) is 0 Å². The summed E-state index contributed by atoms with van der Waals surface area (Å²) in [5.41, 5.74) is 0. The number of halogens is 1. The molecule has 0 heterocycles. The van der Waals surface area contributed by atoms with Crippen molar-refractivity contribution < 1.29 is 13.9 Å². The molecule has 0 atom stereocenters. The normalized spacial score (nSPS) is 14.8. The molecule has 0 spiro atoms. The summed E-state index contributed by atoms with van der Waals surface area (Å²) in [7, 11) is 0. The van der Waals surface area contributed by atoms with Crippen molar-refractivity contribution in [1.29, 1.82) is 0 Å². The van der Waals surface area contributed by atoms with E-state index in [1.165, 1.54) is 18.6 Å². The number of carbonyl (C=O) groups excluding carboxylic acids is 1. The van der Waals surface area contributed by atoms with E-state index in [0.29, 0.717) is 18.9 Å². The van der Waals surface area contributed by atoms with Crippen molar-refractivity contribution in [2.75, 3.05) is 13.2 Å². The molecule has 1 saturated carbocycles. The standard InChI is InChI=1S/C15H20FNO2/c16-13-6-8-14(9-7-13)19-11-2-1-10-17-15(18)12-4-3-5-12/h6-9,12H,1-5,10-11H2,(H,17,18). The van der Waals surface area contributed by atoms with Gasteiger partial charge in [0, 0.05) is 12.5 Å². The van der Waals surface area contributed by atoms with E-state index in [1.807, 2.05) is 0 Å². The molecule has 0 aliphatic heterocycles. The van der Waals surface area contributed by atoms with Crippen LogP contribution < -0.4 is 10.1 Å². The van der Waals surface area contributed by atoms with Gasteiger partial charge in [-0.25, -0.2) is 4.39 Å². The van der Waals surface area contributed by atoms with Crippen LogP contribution in [0.2, 0.25) is 0 Å². The van der Waals surface area contributed by atoms with Gasteiger partial charge >= 0.3 is 0 Å². The molecule has 1 amide bonds. The van der Waals surface area contributed by atoms with Crippen LogP contribution in [0.4, 0.5) is 4.39 Å². The lowest BCUT2D eigenvalue weighted by Crippen LogP contribution is -2.35. The minimum atomic E-state index is -0.258. The Morgan fingerprint density at radius 3 is 2.63 bits per heavy atom. The Morgan fingerprint density at radius 1 is 1.26 bits per heavy atom. The highest BCUT2D eigenvalue weighted by Crippen LogP contribution is 2.26. The van der Waals surface area contributed by atoms with Crippen molar-refractivity contribution in [2.24, 2.45) is 5.92 Å². The fourth-order valence-corrected chi connectivity index (χ4v) is 1.97. The average molecular weight is 265 g/mol. The molecule has 0 radical (unpaired) electrons. The maximum absolute atomic E-state index is 12.7. The van der Waals surface area contributed by atoms with E-state index in [2.05, 4.69) is 5.32 Å². The summed E-state index contributed by atoms with van der Waals surface area (Å²) in [5, 5.41) is 2.95. The molecule has 1 aliphatic carbocycles. The molecule has 1 aromatic rings. The summed E-state index contributed by atoms with van der Waals surface area (Å²) in [4.78, 5) is 11.5. The van der Waals surface area contributed by atoms with Gasteiger partial charge in [0.1, 0.15) is 11.6 Å². The van der Waals surface area contributed by atoms with E-state index >= 15 is 0 Å². The zero-order valence-electron chi connectivity index (χ0n) is 11.0. The predicted molar refractivity (Wildman–Crippen MR) is 71.5 cm³/mol. The number of nitrogens with one attached hydrogen (secondary N) is 1. The first-order valence-corrected chi connectivity index (χ1v) is 6.92. The highest BCUT2D eigenvalue weighted by molar-refractivity contribution is 5.79. The maximum Gasteiger partial charge on any atom is 0.223 e. The van der Waals surface area contributed by atoms with E-state index in [4.69, 9.17) is 4.74 Å². The van der Waals surface area contributed by atoms with Crippen LogP contribution in [0, 0.1) is 11.7 Å². The molecule has 0 aromatic heterocycles. The van der Waals surface area contributed by atoms with E-state index < -0.39 is 0 Å². The van der Waals surface area contributed by atoms with Gasteiger partial charge in [-0.1, -0.05) is 6.42 Å². The molecule has 1 fully saturated rings. The van der Waals surface area contributed by atoms with Crippen LogP contribution in [0.1, 0.15) is 32.1 Å². The molecule has 2 rings (SSSR count). The van der Waals surface area contributed by atoms with Gasteiger partial charge in [0.05, 0.1) is 6.61 Å². The Balaban J connectivity index is 1.50. The first kappa shape index (κ1) is 13.8. The summed E-state index contributed by atoms with van der Waals surface area (Å²) in [6.45, 7) is 1.30. The number of carbonyl (C=O) groups is 1. The van der Waals surface area contributed by atoms with E-state index in [9.17, 15) is 9.18 Å². The van der Waals surface area contributed by atoms with Gasteiger partial charge in [-0.2, -0.15) is 0 Å². The molecule has 0 bridgehead atoms. The third kappa shape index (κ3) is 4.54. The van der Waals surface area contributed by atoms with E-state index in [0.717, 1.165) is 25.7 Å². The molecule has 104 valence electrons. The number of amides is 1. The minimum Gasteiger partial charge on any atom is -0.494 e. The summed E-state index contributed by atoms with van der Waals surface area (Å²) in [6, 6.07) is 6.00. The molecule has 0 unspecified atom stereocenters. The van der Waals surface area contributed by atoms with Gasteiger partial charge in [0.2, 0.25) is 5.91 Å². The zero-order valence-corrected chi connectivity index (χ0v) is 11.0. The lowest BCUT2D eigenvalue weighted by atomic mass is 9.85. The molecule has 1 N–H and O–H groups in total. The SMILES string of the molecule is O=C(NCCCCOc1ccc(F)cc1)C1CCC1. The Hall–Kier alpha value is -1.58. The highest BCUT2D eigenvalue weighted by Gasteiger charge is 2.24. The molecule has 1 aliphatic rings. The number of hydrogen-bond acceptors (Lipinski definition) is 2. The second-order valence-electron chi connectivity index (χ2n) is 4.93. The molecule has 1 aromatic carbocycles. The fraction of sp³-hybridized carbons (Fsp3) is 0.533. The van der Waals surface area contributed by atoms with Gasteiger partial charge in [0.25, 0.3) is 0 Å². The van der Waals surface area contributed by atoms with Gasteiger partial charge in [0.15, 0.2) is 0 Å². The summed E-state index contributed by atoms with van der Waals surface area (Å²) in [6.07, 6.45) is 5.05. The zero-order chi connectivity index (χ0) is 13.5. The van der Waals surface area contributed by atoms with Gasteiger partial charge in [-0.15, -0.1) is 0 Å². The summed E-state index contributed by atoms with van der Waals surface area (Å²) >= 11 is 0. The van der Waals surface area contributed by atoms with Gasteiger partial charge in [-0.3, -0.25) is 4.79 Å². The third-order valence-electron chi connectivity index (χ3n) is 3.43. The monoisotopic (exact) mass is 265 g/mol. The largest absolute Gasteiger partial charge is 0.494 e. The number of ether oxygens (including phenoxy) is 1. The quantitative estimate of drug-likeness (QED) is 0.770. The van der Waals surface area contributed by atoms with Crippen molar-refractivity contribution in [2.45, 2.75) is 32.1 Å². The average Bonchev–Trinajstić information content (AvgIpc) is 2.33. The second kappa shape index (κ2) is 7.12. The van der Waals surface area contributed by atoms with Crippen LogP contribution >= 0.6 is 0 Å². The van der Waals surface area contributed by atoms with Crippen LogP contribution in [-0.4, -0.2) is 19.1 Å². The number of unbranched alkanes of at least 4 members (excludes halogenated alkanes) is 1. The maximum atomic E-state index is 12.7. The molecular weight excluding hydrogens is 245 g/mol. The van der Waals surface area contributed by atoms with Crippen molar-refractivity contribution >= 4 is 5.91 Å². The fourth-order valence-electron chi connectivity index (χ4n) is 1.97. The van der Waals surface area contributed by atoms with Gasteiger partial charge < -0.3 is 10.1 Å². The van der Waals surface area contributed by atoms with Crippen molar-refractivity contribution in [3.8, 4) is 5.75 Å². The topological polar surface area (TPSA) is 38.3 Å². The van der Waals surface area contributed by atoms with Crippen LogP contribution in [0.5, 0.6) is 5.75 Å². The summed E-state index contributed by atoms with van der Waals surface area (Å²) in [5.74, 6) is 0.882. The molecular formula is C15H20FNO2. The number of rotatable bonds is 7. The predicted octanol–water partition coefficient (Wildman–Crippen LogP) is 2.90. The summed E-state index contributed by atoms with van der Waals surface area (Å²) < 4.78 is 18.1. The molecule has 0 saturated heterocycles. The Labute approximate surface area is 113 Å². The number of benzene rings is 1. The lowest BCUT2D eigenvalue weighted by Gasteiger charge is -2.23. The van der Waals surface area contributed by atoms with Gasteiger partial charge in [-0.05, 0) is 49.9 Å². The molecule has 19 heavy (non-hydrogen) atoms. The Bertz CT molecular complexity index is 401. The van der Waals surface area contributed by atoms with E-state index in [1.54, 1.807) is 12.1 Å². The minimum absolute atomic E-state index is 0.200. The van der Waals surface area contributed by atoms with Crippen molar-refractivity contribution in [1.82, 2.24) is 5.32 Å². The third-order valence-corrected chi connectivity index (χ3v) is 3.43. The second-order valence-corrected chi connectivity index (χ2v) is 4.93. The van der Waals surface area contributed by atoms with Crippen LogP contribution in [0.3, 0.4) is 0 Å². The van der Waals surface area contributed by atoms with Crippen LogP contribution in [-0.2, 0) is 4.79 Å². The highest BCUT2D eigenvalue weighted by atomic mass is 19.1. The molecule has 4 heteroatoms. The van der Waals surface area contributed by atoms with Crippen molar-refractivity contribution in [3.05, 3.63) is 30.1 Å².